The molecule has 2 N–H and O–H groups in total. The van der Waals surface area contributed by atoms with Gasteiger partial charge in [-0.15, -0.1) is 0 Å². The average Bonchev–Trinajstić information content (AvgIpc) is 3.33. The summed E-state index contributed by atoms with van der Waals surface area (Å²) in [7, 11) is 4.19. The zero-order valence-corrected chi connectivity index (χ0v) is 35.2. The summed E-state index contributed by atoms with van der Waals surface area (Å²) in [6.07, 6.45) is 7.46. The van der Waals surface area contributed by atoms with E-state index in [4.69, 9.17) is 4.74 Å². The van der Waals surface area contributed by atoms with Gasteiger partial charge in [-0.3, -0.25) is 19.3 Å². The fourth-order valence-corrected chi connectivity index (χ4v) is 13.2. The highest BCUT2D eigenvalue weighted by Crippen LogP contribution is 2.77. The molecule has 0 spiro atoms. The van der Waals surface area contributed by atoms with Crippen LogP contribution < -0.4 is 0 Å². The van der Waals surface area contributed by atoms with Crippen molar-refractivity contribution in [2.24, 2.45) is 56.2 Å². The van der Waals surface area contributed by atoms with E-state index in [-0.39, 0.29) is 51.8 Å². The van der Waals surface area contributed by atoms with Crippen molar-refractivity contribution >= 4 is 17.7 Å². The average molecular weight is 727 g/mol. The predicted molar refractivity (Wildman–Crippen MR) is 207 cm³/mol. The second-order valence-corrected chi connectivity index (χ2v) is 21.0. The molecule has 8 nitrogen and oxygen atoms in total. The third-order valence-electron chi connectivity index (χ3n) is 16.5. The number of aliphatic hydroxyl groups is 1. The smallest absolute Gasteiger partial charge is 0.309 e. The first-order valence-electron chi connectivity index (χ1n) is 20.7. The van der Waals surface area contributed by atoms with E-state index in [2.05, 4.69) is 86.2 Å². The fourth-order valence-electron chi connectivity index (χ4n) is 13.2. The second-order valence-electron chi connectivity index (χ2n) is 21.0. The summed E-state index contributed by atoms with van der Waals surface area (Å²) in [5, 5.41) is 22.0. The molecule has 5 rings (SSSR count). The lowest BCUT2D eigenvalue weighted by atomic mass is 9.33. The van der Waals surface area contributed by atoms with Crippen LogP contribution in [-0.2, 0) is 19.1 Å². The number of aliphatic hydroxyl groups excluding tert-OH is 1. The van der Waals surface area contributed by atoms with Crippen molar-refractivity contribution < 1.29 is 29.3 Å². The van der Waals surface area contributed by atoms with Gasteiger partial charge in [0, 0.05) is 42.9 Å². The van der Waals surface area contributed by atoms with Gasteiger partial charge in [0.05, 0.1) is 17.9 Å². The highest BCUT2D eigenvalue weighted by Gasteiger charge is 2.71. The molecule has 5 aliphatic carbocycles. The number of nitrogens with zero attached hydrogens (tertiary/aromatic N) is 2. The molecule has 0 aliphatic heterocycles. The van der Waals surface area contributed by atoms with Gasteiger partial charge in [-0.1, -0.05) is 54.0 Å². The number of ketones is 1. The topological polar surface area (TPSA) is 107 Å². The Balaban J connectivity index is 1.45. The number of ether oxygens (including phenoxy) is 1. The van der Waals surface area contributed by atoms with Gasteiger partial charge in [0.2, 0.25) is 0 Å². The Labute approximate surface area is 315 Å². The number of likely N-dealkylation sites (N-methyl/N-ethyl adjacent to an activating group) is 1. The van der Waals surface area contributed by atoms with Crippen LogP contribution in [0.5, 0.6) is 0 Å². The number of esters is 1. The van der Waals surface area contributed by atoms with Gasteiger partial charge in [0.1, 0.15) is 6.10 Å². The fraction of sp³-hybridized carbons (Fsp3) is 0.886. The van der Waals surface area contributed by atoms with Gasteiger partial charge >= 0.3 is 11.9 Å². The SMILES string of the molecule is CC(C)C1=C2C3CCC4C5(C)CCC(OC(=O)CC(C)(C)C(=O)O)C(C)(C)C5CCC4(C)C3(C)CCC2(C(O)CN(CCN(C)C)C(C)C)CC1=O. The molecular formula is C44H74N2O6. The molecule has 9 atom stereocenters. The van der Waals surface area contributed by atoms with Crippen LogP contribution >= 0.6 is 0 Å². The Kier molecular flexibility index (Phi) is 11.2. The maximum Gasteiger partial charge on any atom is 0.309 e. The number of hydrogen-bond acceptors (Lipinski definition) is 7. The number of fused-ring (bicyclic) bond motifs is 7. The van der Waals surface area contributed by atoms with E-state index >= 15 is 0 Å². The van der Waals surface area contributed by atoms with E-state index in [1.165, 1.54) is 5.57 Å². The molecule has 5 aliphatic rings. The first kappa shape index (κ1) is 41.4. The standard InChI is InChI=1S/C44H74N2O6/c1-27(2)36-30(47)24-44(33(48)26-46(28(3)4)23-22-45(12)13)21-20-42(10)29(37(36)44)14-15-32-41(9)18-17-34(52-35(49)25-39(5,6)38(50)51)40(7,8)31(41)16-19-43(32,42)11/h27-29,31-34,48H,14-26H2,1-13H3,(H,50,51). The van der Waals surface area contributed by atoms with E-state index in [0.29, 0.717) is 30.8 Å². The van der Waals surface area contributed by atoms with Gasteiger partial charge in [0.15, 0.2) is 5.78 Å². The van der Waals surface area contributed by atoms with Crippen LogP contribution in [0.1, 0.15) is 140 Å². The first-order chi connectivity index (χ1) is 23.9. The minimum atomic E-state index is -1.16. The van der Waals surface area contributed by atoms with Crippen LogP contribution in [0.4, 0.5) is 0 Å². The molecule has 52 heavy (non-hydrogen) atoms. The summed E-state index contributed by atoms with van der Waals surface area (Å²) in [6.45, 7) is 26.6. The van der Waals surface area contributed by atoms with Crippen LogP contribution in [-0.4, -0.2) is 89.7 Å². The maximum absolute atomic E-state index is 14.1. The van der Waals surface area contributed by atoms with Crippen LogP contribution in [0.25, 0.3) is 0 Å². The largest absolute Gasteiger partial charge is 0.481 e. The van der Waals surface area contributed by atoms with Crippen LogP contribution in [0.15, 0.2) is 11.1 Å². The third-order valence-corrected chi connectivity index (χ3v) is 16.5. The first-order valence-corrected chi connectivity index (χ1v) is 20.7. The van der Waals surface area contributed by atoms with E-state index in [1.807, 2.05) is 0 Å². The number of allylic oxidation sites excluding steroid dienone is 1. The molecule has 0 saturated heterocycles. The molecule has 0 aromatic heterocycles. The van der Waals surface area contributed by atoms with Crippen molar-refractivity contribution in [1.82, 2.24) is 9.80 Å². The molecule has 4 fully saturated rings. The number of carboxylic acids is 1. The third kappa shape index (κ3) is 6.54. The summed E-state index contributed by atoms with van der Waals surface area (Å²) >= 11 is 0. The van der Waals surface area contributed by atoms with E-state index in [9.17, 15) is 24.6 Å². The summed E-state index contributed by atoms with van der Waals surface area (Å²) in [4.78, 5) is 43.6. The molecule has 0 radical (unpaired) electrons. The molecule has 4 saturated carbocycles. The molecule has 0 heterocycles. The molecule has 0 aromatic rings. The van der Waals surface area contributed by atoms with Crippen molar-refractivity contribution in [3.8, 4) is 0 Å². The Morgan fingerprint density at radius 3 is 2.12 bits per heavy atom. The van der Waals surface area contributed by atoms with Crippen LogP contribution in [0, 0.1) is 56.2 Å². The van der Waals surface area contributed by atoms with Crippen LogP contribution in [0.3, 0.4) is 0 Å². The number of carboxylic acid groups (broad SMARTS) is 1. The molecule has 0 bridgehead atoms. The predicted octanol–water partition coefficient (Wildman–Crippen LogP) is 8.01. The highest BCUT2D eigenvalue weighted by molar-refractivity contribution is 6.00. The van der Waals surface area contributed by atoms with Crippen LogP contribution in [0.2, 0.25) is 0 Å². The van der Waals surface area contributed by atoms with E-state index < -0.39 is 28.9 Å². The summed E-state index contributed by atoms with van der Waals surface area (Å²) in [6, 6.07) is 0.304. The monoisotopic (exact) mass is 727 g/mol. The summed E-state index contributed by atoms with van der Waals surface area (Å²) in [5.41, 5.74) is 0.621. The lowest BCUT2D eigenvalue weighted by molar-refractivity contribution is -0.235. The quantitative estimate of drug-likeness (QED) is 0.195. The van der Waals surface area contributed by atoms with Gasteiger partial charge in [-0.05, 0) is 139 Å². The van der Waals surface area contributed by atoms with Crippen molar-refractivity contribution in [1.29, 1.82) is 0 Å². The Hall–Kier alpha value is -1.77. The number of aliphatic carboxylic acids is 1. The van der Waals surface area contributed by atoms with Crippen molar-refractivity contribution in [2.75, 3.05) is 33.7 Å². The Morgan fingerprint density at radius 1 is 0.885 bits per heavy atom. The van der Waals surface area contributed by atoms with Crippen molar-refractivity contribution in [2.45, 2.75) is 159 Å². The number of Topliss-reactive ketones (excluding diaryl/α,β-unsaturated/α-hetero) is 1. The van der Waals surface area contributed by atoms with Gasteiger partial charge in [-0.2, -0.15) is 0 Å². The van der Waals surface area contributed by atoms with Crippen molar-refractivity contribution in [3.05, 3.63) is 11.1 Å². The number of rotatable bonds is 12. The normalized spacial score (nSPS) is 37.9. The van der Waals surface area contributed by atoms with Crippen molar-refractivity contribution in [3.63, 3.8) is 0 Å². The molecule has 296 valence electrons. The number of hydrogen-bond donors (Lipinski definition) is 2. The molecule has 0 amide bonds. The lowest BCUT2D eigenvalue weighted by Crippen LogP contribution is -2.66. The molecule has 9 unspecified atom stereocenters. The zero-order chi connectivity index (χ0) is 39.0. The van der Waals surface area contributed by atoms with Gasteiger partial charge in [0.25, 0.3) is 0 Å². The summed E-state index contributed by atoms with van der Waals surface area (Å²) < 4.78 is 6.18. The molecular weight excluding hydrogens is 652 g/mol. The summed E-state index contributed by atoms with van der Waals surface area (Å²) in [5.74, 6) is 0.158. The van der Waals surface area contributed by atoms with Gasteiger partial charge in [-0.25, -0.2) is 0 Å². The van der Waals surface area contributed by atoms with E-state index in [1.54, 1.807) is 13.8 Å². The number of carbonyl (C=O) groups excluding carboxylic acids is 2. The maximum atomic E-state index is 14.1. The zero-order valence-electron chi connectivity index (χ0n) is 35.2. The van der Waals surface area contributed by atoms with Gasteiger partial charge < -0.3 is 19.8 Å². The Bertz CT molecular complexity index is 1430. The molecule has 8 heteroatoms. The van der Waals surface area contributed by atoms with E-state index in [0.717, 1.165) is 70.0 Å². The highest BCUT2D eigenvalue weighted by atomic mass is 16.5. The minimum Gasteiger partial charge on any atom is -0.481 e. The number of carbonyl (C=O) groups is 3. The second kappa shape index (κ2) is 14.1. The molecule has 0 aromatic carbocycles. The minimum absolute atomic E-state index is 0.00569. The lowest BCUT2D eigenvalue weighted by Gasteiger charge is -2.72. The Morgan fingerprint density at radius 2 is 1.54 bits per heavy atom.